The summed E-state index contributed by atoms with van der Waals surface area (Å²) in [4.78, 5) is 13.0. The van der Waals surface area contributed by atoms with Gasteiger partial charge in [0, 0.05) is 11.4 Å². The molecule has 3 heteroatoms. The van der Waals surface area contributed by atoms with E-state index in [1.807, 2.05) is 12.1 Å². The number of nitrogens with one attached hydrogen (secondary N) is 1. The highest BCUT2D eigenvalue weighted by atomic mass is 32.2. The van der Waals surface area contributed by atoms with Gasteiger partial charge < -0.3 is 5.32 Å². The third-order valence-electron chi connectivity index (χ3n) is 3.77. The lowest BCUT2D eigenvalue weighted by Crippen LogP contribution is -2.31. The molecule has 2 rings (SSSR count). The van der Waals surface area contributed by atoms with E-state index in [0.717, 1.165) is 6.54 Å². The number of benzene rings is 1. The van der Waals surface area contributed by atoms with Crippen molar-refractivity contribution in [2.24, 2.45) is 5.92 Å². The van der Waals surface area contributed by atoms with Gasteiger partial charge in [0.05, 0.1) is 5.75 Å². The first-order valence-corrected chi connectivity index (χ1v) is 8.19. The Morgan fingerprint density at radius 2 is 2.00 bits per heavy atom. The van der Waals surface area contributed by atoms with Gasteiger partial charge in [-0.3, -0.25) is 4.79 Å². The minimum atomic E-state index is 0.166. The molecule has 0 spiro atoms. The molecule has 1 aliphatic rings. The summed E-state index contributed by atoms with van der Waals surface area (Å²) in [7, 11) is 0. The number of rotatable bonds is 5. The molecule has 2 nitrogen and oxygen atoms in total. The van der Waals surface area contributed by atoms with Gasteiger partial charge in [0.25, 0.3) is 0 Å². The third-order valence-corrected chi connectivity index (χ3v) is 4.94. The van der Waals surface area contributed by atoms with Crippen LogP contribution in [-0.4, -0.2) is 18.2 Å². The number of carbonyl (C=O) groups is 1. The minimum Gasteiger partial charge on any atom is -0.355 e. The van der Waals surface area contributed by atoms with Gasteiger partial charge >= 0.3 is 0 Å². The summed E-state index contributed by atoms with van der Waals surface area (Å²) in [5.41, 5.74) is 1.24. The van der Waals surface area contributed by atoms with E-state index in [4.69, 9.17) is 0 Å². The van der Waals surface area contributed by atoms with Crippen molar-refractivity contribution in [3.63, 3.8) is 0 Å². The van der Waals surface area contributed by atoms with Crippen LogP contribution in [0.4, 0.5) is 0 Å². The van der Waals surface area contributed by atoms with Crippen LogP contribution in [0, 0.1) is 12.8 Å². The first kappa shape index (κ1) is 14.4. The average Bonchev–Trinajstić information content (AvgIpc) is 2.45. The van der Waals surface area contributed by atoms with Gasteiger partial charge in [-0.1, -0.05) is 37.5 Å². The van der Waals surface area contributed by atoms with E-state index in [2.05, 4.69) is 24.4 Å². The topological polar surface area (TPSA) is 29.1 Å². The standard InChI is InChI=1S/C16H23NOS/c1-13-7-5-6-10-15(13)19-12-16(18)17-11-14-8-3-2-4-9-14/h5-7,10,14H,2-4,8-9,11-12H2,1H3,(H,17,18). The van der Waals surface area contributed by atoms with Crippen LogP contribution in [0.3, 0.4) is 0 Å². The number of hydrogen-bond acceptors (Lipinski definition) is 2. The molecule has 19 heavy (non-hydrogen) atoms. The molecule has 0 radical (unpaired) electrons. The Balaban J connectivity index is 1.68. The van der Waals surface area contributed by atoms with E-state index in [1.54, 1.807) is 11.8 Å². The zero-order valence-corrected chi connectivity index (χ0v) is 12.5. The number of amides is 1. The molecule has 0 saturated heterocycles. The molecular formula is C16H23NOS. The maximum Gasteiger partial charge on any atom is 0.230 e. The average molecular weight is 277 g/mol. The third kappa shape index (κ3) is 4.90. The molecule has 0 bridgehead atoms. The predicted octanol–water partition coefficient (Wildman–Crippen LogP) is 3.78. The van der Waals surface area contributed by atoms with E-state index in [1.165, 1.54) is 42.6 Å². The Labute approximate surface area is 120 Å². The molecule has 1 aromatic carbocycles. The molecule has 1 amide bonds. The maximum absolute atomic E-state index is 11.8. The summed E-state index contributed by atoms with van der Waals surface area (Å²) in [5.74, 6) is 1.40. The highest BCUT2D eigenvalue weighted by Gasteiger charge is 2.14. The monoisotopic (exact) mass is 277 g/mol. The molecule has 0 aromatic heterocycles. The molecule has 0 aliphatic heterocycles. The molecule has 1 N–H and O–H groups in total. The molecule has 1 saturated carbocycles. The van der Waals surface area contributed by atoms with Crippen LogP contribution in [0.5, 0.6) is 0 Å². The molecule has 1 aliphatic carbocycles. The zero-order valence-electron chi connectivity index (χ0n) is 11.7. The first-order valence-electron chi connectivity index (χ1n) is 7.21. The second-order valence-corrected chi connectivity index (χ2v) is 6.38. The van der Waals surface area contributed by atoms with E-state index in [9.17, 15) is 4.79 Å². The molecule has 1 aromatic rings. The van der Waals surface area contributed by atoms with Crippen LogP contribution >= 0.6 is 11.8 Å². The quantitative estimate of drug-likeness (QED) is 0.830. The van der Waals surface area contributed by atoms with Crippen molar-refractivity contribution >= 4 is 17.7 Å². The Hall–Kier alpha value is -0.960. The highest BCUT2D eigenvalue weighted by Crippen LogP contribution is 2.23. The molecular weight excluding hydrogens is 254 g/mol. The van der Waals surface area contributed by atoms with Gasteiger partial charge in [-0.2, -0.15) is 0 Å². The summed E-state index contributed by atoms with van der Waals surface area (Å²) in [6, 6.07) is 8.22. The fourth-order valence-electron chi connectivity index (χ4n) is 2.56. The Morgan fingerprint density at radius 1 is 1.26 bits per heavy atom. The summed E-state index contributed by atoms with van der Waals surface area (Å²) >= 11 is 1.63. The summed E-state index contributed by atoms with van der Waals surface area (Å²) in [6.07, 6.45) is 6.60. The molecule has 1 fully saturated rings. The van der Waals surface area contributed by atoms with Crippen molar-refractivity contribution in [1.29, 1.82) is 0 Å². The first-order chi connectivity index (χ1) is 9.25. The van der Waals surface area contributed by atoms with Crippen LogP contribution in [0.1, 0.15) is 37.7 Å². The number of aryl methyl sites for hydroxylation is 1. The van der Waals surface area contributed by atoms with Crippen LogP contribution in [0.15, 0.2) is 29.2 Å². The second kappa shape index (κ2) is 7.59. The van der Waals surface area contributed by atoms with E-state index >= 15 is 0 Å². The fourth-order valence-corrected chi connectivity index (χ4v) is 3.42. The number of carbonyl (C=O) groups excluding carboxylic acids is 1. The maximum atomic E-state index is 11.8. The Morgan fingerprint density at radius 3 is 2.74 bits per heavy atom. The lowest BCUT2D eigenvalue weighted by atomic mass is 9.89. The van der Waals surface area contributed by atoms with Gasteiger partial charge in [-0.15, -0.1) is 11.8 Å². The minimum absolute atomic E-state index is 0.166. The van der Waals surface area contributed by atoms with Gasteiger partial charge in [0.15, 0.2) is 0 Å². The van der Waals surface area contributed by atoms with E-state index < -0.39 is 0 Å². The molecule has 0 unspecified atom stereocenters. The van der Waals surface area contributed by atoms with Gasteiger partial charge in [-0.05, 0) is 37.3 Å². The fraction of sp³-hybridized carbons (Fsp3) is 0.562. The van der Waals surface area contributed by atoms with E-state index in [0.29, 0.717) is 11.7 Å². The van der Waals surface area contributed by atoms with Crippen molar-refractivity contribution in [3.8, 4) is 0 Å². The normalized spacial score (nSPS) is 16.3. The second-order valence-electron chi connectivity index (χ2n) is 5.36. The Kier molecular flexibility index (Phi) is 5.77. The lowest BCUT2D eigenvalue weighted by molar-refractivity contribution is -0.118. The Bertz CT molecular complexity index is 413. The molecule has 0 atom stereocenters. The van der Waals surface area contributed by atoms with Crippen LogP contribution in [0.2, 0.25) is 0 Å². The van der Waals surface area contributed by atoms with Gasteiger partial charge in [-0.25, -0.2) is 0 Å². The summed E-state index contributed by atoms with van der Waals surface area (Å²) in [5, 5.41) is 3.08. The van der Waals surface area contributed by atoms with Crippen molar-refractivity contribution in [1.82, 2.24) is 5.32 Å². The molecule has 0 heterocycles. The lowest BCUT2D eigenvalue weighted by Gasteiger charge is -2.21. The zero-order chi connectivity index (χ0) is 13.5. The van der Waals surface area contributed by atoms with Crippen LogP contribution < -0.4 is 5.32 Å². The smallest absolute Gasteiger partial charge is 0.230 e. The van der Waals surface area contributed by atoms with E-state index in [-0.39, 0.29) is 5.91 Å². The highest BCUT2D eigenvalue weighted by molar-refractivity contribution is 8.00. The SMILES string of the molecule is Cc1ccccc1SCC(=O)NCC1CCCCC1. The van der Waals surface area contributed by atoms with Crippen molar-refractivity contribution in [2.75, 3.05) is 12.3 Å². The predicted molar refractivity (Wildman–Crippen MR) is 81.5 cm³/mol. The van der Waals surface area contributed by atoms with Crippen LogP contribution in [0.25, 0.3) is 0 Å². The van der Waals surface area contributed by atoms with Gasteiger partial charge in [0.1, 0.15) is 0 Å². The van der Waals surface area contributed by atoms with Crippen molar-refractivity contribution in [3.05, 3.63) is 29.8 Å². The van der Waals surface area contributed by atoms with Crippen molar-refractivity contribution < 1.29 is 4.79 Å². The summed E-state index contributed by atoms with van der Waals surface area (Å²) < 4.78 is 0. The van der Waals surface area contributed by atoms with Crippen LogP contribution in [-0.2, 0) is 4.79 Å². The van der Waals surface area contributed by atoms with Crippen molar-refractivity contribution in [2.45, 2.75) is 43.9 Å². The number of thioether (sulfide) groups is 1. The largest absolute Gasteiger partial charge is 0.355 e. The summed E-state index contributed by atoms with van der Waals surface area (Å²) in [6.45, 7) is 2.95. The van der Waals surface area contributed by atoms with Gasteiger partial charge in [0.2, 0.25) is 5.91 Å². The number of hydrogen-bond donors (Lipinski definition) is 1. The molecule has 104 valence electrons.